The molecule has 1 aromatic rings. The van der Waals surface area contributed by atoms with Gasteiger partial charge in [0.1, 0.15) is 0 Å². The monoisotopic (exact) mass is 181 g/mol. The van der Waals surface area contributed by atoms with Crippen LogP contribution in [0.25, 0.3) is 0 Å². The van der Waals surface area contributed by atoms with Gasteiger partial charge in [-0.2, -0.15) is 4.98 Å². The first-order valence-electron chi connectivity index (χ1n) is 4.91. The molecule has 0 amide bonds. The highest BCUT2D eigenvalue weighted by Crippen LogP contribution is 2.24. The Balaban J connectivity index is 1.53. The third kappa shape index (κ3) is 2.52. The van der Waals surface area contributed by atoms with Crippen LogP contribution in [-0.2, 0) is 6.42 Å². The van der Waals surface area contributed by atoms with Gasteiger partial charge in [-0.25, -0.2) is 0 Å². The fourth-order valence-electron chi connectivity index (χ4n) is 1.50. The normalized spacial score (nSPS) is 17.2. The standard InChI is InChI=1S/C9H15N3O/c1-2-8(3-1)6-10-5-4-9-11-7-12-13-9/h7-8,10H,1-6H2. The van der Waals surface area contributed by atoms with E-state index in [0.29, 0.717) is 0 Å². The summed E-state index contributed by atoms with van der Waals surface area (Å²) in [4.78, 5) is 3.95. The second-order valence-electron chi connectivity index (χ2n) is 3.59. The van der Waals surface area contributed by atoms with Crippen molar-refractivity contribution >= 4 is 0 Å². The average Bonchev–Trinajstić information content (AvgIpc) is 2.53. The zero-order valence-electron chi connectivity index (χ0n) is 7.70. The van der Waals surface area contributed by atoms with Crippen molar-refractivity contribution < 1.29 is 4.52 Å². The van der Waals surface area contributed by atoms with Gasteiger partial charge in [-0.15, -0.1) is 0 Å². The maximum Gasteiger partial charge on any atom is 0.227 e. The topological polar surface area (TPSA) is 51.0 Å². The van der Waals surface area contributed by atoms with Gasteiger partial charge < -0.3 is 9.84 Å². The summed E-state index contributed by atoms with van der Waals surface area (Å²) >= 11 is 0. The van der Waals surface area contributed by atoms with Crippen molar-refractivity contribution in [3.63, 3.8) is 0 Å². The molecule has 0 spiro atoms. The molecule has 1 aromatic heterocycles. The molecule has 13 heavy (non-hydrogen) atoms. The predicted molar refractivity (Wildman–Crippen MR) is 48.2 cm³/mol. The van der Waals surface area contributed by atoms with Crippen LogP contribution in [0.2, 0.25) is 0 Å². The van der Waals surface area contributed by atoms with Crippen molar-refractivity contribution in [1.29, 1.82) is 0 Å². The molecule has 0 aromatic carbocycles. The first kappa shape index (κ1) is 8.69. The summed E-state index contributed by atoms with van der Waals surface area (Å²) in [6.07, 6.45) is 6.49. The Morgan fingerprint density at radius 1 is 1.54 bits per heavy atom. The lowest BCUT2D eigenvalue weighted by Gasteiger charge is -2.25. The molecule has 0 unspecified atom stereocenters. The second-order valence-corrected chi connectivity index (χ2v) is 3.59. The number of rotatable bonds is 5. The highest BCUT2D eigenvalue weighted by molar-refractivity contribution is 4.76. The maximum atomic E-state index is 4.88. The molecule has 0 aliphatic heterocycles. The van der Waals surface area contributed by atoms with E-state index in [1.54, 1.807) is 0 Å². The van der Waals surface area contributed by atoms with E-state index < -0.39 is 0 Å². The van der Waals surface area contributed by atoms with E-state index >= 15 is 0 Å². The van der Waals surface area contributed by atoms with Gasteiger partial charge >= 0.3 is 0 Å². The quantitative estimate of drug-likeness (QED) is 0.688. The van der Waals surface area contributed by atoms with Crippen molar-refractivity contribution in [2.75, 3.05) is 13.1 Å². The number of aromatic nitrogens is 2. The Labute approximate surface area is 77.7 Å². The van der Waals surface area contributed by atoms with Crippen LogP contribution < -0.4 is 5.32 Å². The molecule has 0 bridgehead atoms. The SMILES string of the molecule is c1noc(CCNCC2CCC2)n1. The van der Waals surface area contributed by atoms with Gasteiger partial charge in [0.2, 0.25) is 5.89 Å². The number of hydrogen-bond acceptors (Lipinski definition) is 4. The molecule has 0 radical (unpaired) electrons. The smallest absolute Gasteiger partial charge is 0.227 e. The van der Waals surface area contributed by atoms with E-state index in [1.807, 2.05) is 0 Å². The first-order valence-corrected chi connectivity index (χ1v) is 4.91. The minimum atomic E-state index is 0.723. The van der Waals surface area contributed by atoms with Crippen LogP contribution in [0.3, 0.4) is 0 Å². The van der Waals surface area contributed by atoms with Crippen LogP contribution in [0.1, 0.15) is 25.2 Å². The molecule has 0 atom stereocenters. The molecule has 1 heterocycles. The molecular formula is C9H15N3O. The van der Waals surface area contributed by atoms with Crippen molar-refractivity contribution in [1.82, 2.24) is 15.5 Å². The Morgan fingerprint density at radius 3 is 3.08 bits per heavy atom. The minimum absolute atomic E-state index is 0.723. The second kappa shape index (κ2) is 4.37. The zero-order chi connectivity index (χ0) is 8.93. The molecule has 2 rings (SSSR count). The van der Waals surface area contributed by atoms with Crippen LogP contribution in [0.15, 0.2) is 10.9 Å². The van der Waals surface area contributed by atoms with E-state index in [9.17, 15) is 0 Å². The summed E-state index contributed by atoms with van der Waals surface area (Å²) in [5.41, 5.74) is 0. The van der Waals surface area contributed by atoms with Crippen molar-refractivity contribution in [2.45, 2.75) is 25.7 Å². The van der Waals surface area contributed by atoms with Crippen molar-refractivity contribution in [3.8, 4) is 0 Å². The maximum absolute atomic E-state index is 4.88. The lowest BCUT2D eigenvalue weighted by molar-refractivity contribution is 0.300. The van der Waals surface area contributed by atoms with Crippen LogP contribution >= 0.6 is 0 Å². The molecule has 1 saturated carbocycles. The average molecular weight is 181 g/mol. The Kier molecular flexibility index (Phi) is 2.92. The van der Waals surface area contributed by atoms with Gasteiger partial charge in [-0.3, -0.25) is 0 Å². The third-order valence-corrected chi connectivity index (χ3v) is 2.58. The van der Waals surface area contributed by atoms with Crippen LogP contribution in [-0.4, -0.2) is 23.2 Å². The summed E-state index contributed by atoms with van der Waals surface area (Å²) in [6, 6.07) is 0. The van der Waals surface area contributed by atoms with Crippen LogP contribution in [0, 0.1) is 5.92 Å². The minimum Gasteiger partial charge on any atom is -0.340 e. The molecule has 4 nitrogen and oxygen atoms in total. The molecular weight excluding hydrogens is 166 g/mol. The lowest BCUT2D eigenvalue weighted by atomic mass is 9.85. The number of nitrogens with zero attached hydrogens (tertiary/aromatic N) is 2. The van der Waals surface area contributed by atoms with Crippen LogP contribution in [0.5, 0.6) is 0 Å². The highest BCUT2D eigenvalue weighted by Gasteiger charge is 2.16. The third-order valence-electron chi connectivity index (χ3n) is 2.58. The molecule has 1 aliphatic carbocycles. The largest absolute Gasteiger partial charge is 0.340 e. The van der Waals surface area contributed by atoms with Crippen LogP contribution in [0.4, 0.5) is 0 Å². The molecule has 72 valence electrons. The number of nitrogens with one attached hydrogen (secondary N) is 1. The Morgan fingerprint density at radius 2 is 2.46 bits per heavy atom. The molecule has 1 aliphatic rings. The van der Waals surface area contributed by atoms with E-state index in [4.69, 9.17) is 4.52 Å². The van der Waals surface area contributed by atoms with E-state index in [-0.39, 0.29) is 0 Å². The van der Waals surface area contributed by atoms with E-state index in [1.165, 1.54) is 25.6 Å². The molecule has 0 saturated heterocycles. The fraction of sp³-hybridized carbons (Fsp3) is 0.778. The lowest BCUT2D eigenvalue weighted by Crippen LogP contribution is -2.28. The summed E-state index contributed by atoms with van der Waals surface area (Å²) in [5.74, 6) is 1.64. The summed E-state index contributed by atoms with van der Waals surface area (Å²) < 4.78 is 4.88. The molecule has 1 N–H and O–H groups in total. The summed E-state index contributed by atoms with van der Waals surface area (Å²) in [6.45, 7) is 2.09. The van der Waals surface area contributed by atoms with E-state index in [0.717, 1.165) is 31.3 Å². The van der Waals surface area contributed by atoms with Gasteiger partial charge in [0.25, 0.3) is 0 Å². The van der Waals surface area contributed by atoms with Gasteiger partial charge in [-0.05, 0) is 25.3 Å². The van der Waals surface area contributed by atoms with Gasteiger partial charge in [0.15, 0.2) is 6.33 Å². The van der Waals surface area contributed by atoms with Gasteiger partial charge in [0.05, 0.1) is 0 Å². The summed E-state index contributed by atoms with van der Waals surface area (Å²) in [5, 5.41) is 6.95. The van der Waals surface area contributed by atoms with Gasteiger partial charge in [0, 0.05) is 13.0 Å². The zero-order valence-corrected chi connectivity index (χ0v) is 7.70. The first-order chi connectivity index (χ1) is 6.45. The predicted octanol–water partition coefficient (Wildman–Crippen LogP) is 1.00. The Hall–Kier alpha value is -0.900. The van der Waals surface area contributed by atoms with Crippen molar-refractivity contribution in [3.05, 3.63) is 12.2 Å². The van der Waals surface area contributed by atoms with Gasteiger partial charge in [-0.1, -0.05) is 11.6 Å². The number of hydrogen-bond donors (Lipinski definition) is 1. The fourth-order valence-corrected chi connectivity index (χ4v) is 1.50. The van der Waals surface area contributed by atoms with Crippen molar-refractivity contribution in [2.24, 2.45) is 5.92 Å². The molecule has 1 fully saturated rings. The summed E-state index contributed by atoms with van der Waals surface area (Å²) in [7, 11) is 0. The molecule has 4 heteroatoms. The highest BCUT2D eigenvalue weighted by atomic mass is 16.5. The Bertz CT molecular complexity index is 231. The van der Waals surface area contributed by atoms with E-state index in [2.05, 4.69) is 15.5 Å².